The van der Waals surface area contributed by atoms with Crippen molar-refractivity contribution in [3.05, 3.63) is 59.4 Å². The minimum atomic E-state index is -0.629. The molecule has 0 radical (unpaired) electrons. The Labute approximate surface area is 128 Å². The molecule has 0 bridgehead atoms. The molecule has 1 aromatic heterocycles. The number of nitrogens with zero attached hydrogens (tertiary/aromatic N) is 1. The summed E-state index contributed by atoms with van der Waals surface area (Å²) in [7, 11) is 1.67. The van der Waals surface area contributed by atoms with Gasteiger partial charge in [0.05, 0.1) is 11.7 Å². The number of nitrogens with one attached hydrogen (secondary N) is 1. The molecular weight excluding hydrogens is 282 g/mol. The summed E-state index contributed by atoms with van der Waals surface area (Å²) in [5.74, 6) is -0.885. The number of amides is 2. The van der Waals surface area contributed by atoms with E-state index in [-0.39, 0.29) is 11.5 Å². The molecular formula is C16H19N3O3. The molecule has 6 nitrogen and oxygen atoms in total. The van der Waals surface area contributed by atoms with Crippen LogP contribution < -0.4 is 11.1 Å². The number of aryl methyl sites for hydroxylation is 1. The molecule has 2 rings (SSSR count). The van der Waals surface area contributed by atoms with Crippen LogP contribution in [0.1, 0.15) is 38.9 Å². The van der Waals surface area contributed by atoms with E-state index in [1.165, 1.54) is 12.3 Å². The maximum Gasteiger partial charge on any atom is 0.267 e. The Hall–Kier alpha value is -2.60. The van der Waals surface area contributed by atoms with Gasteiger partial charge in [-0.1, -0.05) is 30.3 Å². The zero-order chi connectivity index (χ0) is 16.1. The van der Waals surface area contributed by atoms with Crippen molar-refractivity contribution in [2.45, 2.75) is 12.5 Å². The first kappa shape index (κ1) is 15.8. The summed E-state index contributed by atoms with van der Waals surface area (Å²) in [6, 6.07) is 10.7. The Morgan fingerprint density at radius 2 is 2.00 bits per heavy atom. The minimum Gasteiger partial charge on any atom is -0.388 e. The van der Waals surface area contributed by atoms with Gasteiger partial charge in [-0.2, -0.15) is 0 Å². The molecule has 0 saturated carbocycles. The standard InChI is InChI=1S/C16H19N3O3/c1-19-10-12(15(17)21)9-13(19)16(22)18-8-7-14(20)11-5-3-2-4-6-11/h2-6,9-10,14,20H,7-8H2,1H3,(H2,17,21)(H,18,22). The maximum absolute atomic E-state index is 12.1. The van der Waals surface area contributed by atoms with E-state index in [4.69, 9.17) is 5.73 Å². The van der Waals surface area contributed by atoms with Gasteiger partial charge in [-0.3, -0.25) is 9.59 Å². The lowest BCUT2D eigenvalue weighted by Crippen LogP contribution is -2.27. The molecule has 0 aliphatic heterocycles. The van der Waals surface area contributed by atoms with Crippen LogP contribution in [0.25, 0.3) is 0 Å². The van der Waals surface area contributed by atoms with Gasteiger partial charge in [0.1, 0.15) is 5.69 Å². The lowest BCUT2D eigenvalue weighted by Gasteiger charge is -2.11. The predicted octanol–water partition coefficient (Wildman–Crippen LogP) is 0.977. The van der Waals surface area contributed by atoms with Crippen molar-refractivity contribution in [1.29, 1.82) is 0 Å². The van der Waals surface area contributed by atoms with E-state index in [1.54, 1.807) is 11.6 Å². The van der Waals surface area contributed by atoms with Crippen LogP contribution in [0.15, 0.2) is 42.6 Å². The Bertz CT molecular complexity index is 665. The molecule has 1 aromatic carbocycles. The van der Waals surface area contributed by atoms with E-state index in [9.17, 15) is 14.7 Å². The summed E-state index contributed by atoms with van der Waals surface area (Å²) >= 11 is 0. The molecule has 0 fully saturated rings. The number of benzene rings is 1. The zero-order valence-electron chi connectivity index (χ0n) is 12.3. The lowest BCUT2D eigenvalue weighted by atomic mass is 10.1. The smallest absolute Gasteiger partial charge is 0.267 e. The van der Waals surface area contributed by atoms with Crippen molar-refractivity contribution >= 4 is 11.8 Å². The van der Waals surface area contributed by atoms with Gasteiger partial charge in [0.25, 0.3) is 5.91 Å². The van der Waals surface area contributed by atoms with Gasteiger partial charge in [0.2, 0.25) is 5.91 Å². The quantitative estimate of drug-likeness (QED) is 0.742. The van der Waals surface area contributed by atoms with Crippen LogP contribution in [0.4, 0.5) is 0 Å². The summed E-state index contributed by atoms with van der Waals surface area (Å²) in [6.45, 7) is 0.325. The van der Waals surface area contributed by atoms with E-state index in [0.29, 0.717) is 18.7 Å². The Morgan fingerprint density at radius 1 is 1.32 bits per heavy atom. The highest BCUT2D eigenvalue weighted by Gasteiger charge is 2.14. The number of rotatable bonds is 6. The van der Waals surface area contributed by atoms with Gasteiger partial charge in [-0.25, -0.2) is 0 Å². The fourth-order valence-electron chi connectivity index (χ4n) is 2.18. The first-order valence-corrected chi connectivity index (χ1v) is 6.96. The lowest BCUT2D eigenvalue weighted by molar-refractivity contribution is 0.0934. The van der Waals surface area contributed by atoms with Crippen molar-refractivity contribution in [1.82, 2.24) is 9.88 Å². The number of nitrogens with two attached hydrogens (primary N) is 1. The Kier molecular flexibility index (Phi) is 4.95. The normalized spacial score (nSPS) is 11.9. The highest BCUT2D eigenvalue weighted by atomic mass is 16.3. The molecule has 2 amide bonds. The molecule has 0 spiro atoms. The molecule has 0 aliphatic carbocycles. The molecule has 1 unspecified atom stereocenters. The van der Waals surface area contributed by atoms with Crippen molar-refractivity contribution in [2.24, 2.45) is 12.8 Å². The average molecular weight is 301 g/mol. The summed E-state index contributed by atoms with van der Waals surface area (Å²) in [6.07, 6.45) is 1.29. The van der Waals surface area contributed by atoms with E-state index in [2.05, 4.69) is 5.32 Å². The summed E-state index contributed by atoms with van der Waals surface area (Å²) < 4.78 is 1.54. The van der Waals surface area contributed by atoms with Gasteiger partial charge >= 0.3 is 0 Å². The number of carbonyl (C=O) groups is 2. The van der Waals surface area contributed by atoms with Crippen LogP contribution in [0.3, 0.4) is 0 Å². The van der Waals surface area contributed by atoms with Crippen LogP contribution >= 0.6 is 0 Å². The van der Waals surface area contributed by atoms with Crippen molar-refractivity contribution < 1.29 is 14.7 Å². The molecule has 6 heteroatoms. The fraction of sp³-hybridized carbons (Fsp3) is 0.250. The molecule has 2 aromatic rings. The number of carbonyl (C=O) groups excluding carboxylic acids is 2. The zero-order valence-corrected chi connectivity index (χ0v) is 12.3. The van der Waals surface area contributed by atoms with Gasteiger partial charge in [-0.15, -0.1) is 0 Å². The minimum absolute atomic E-state index is 0.289. The summed E-state index contributed by atoms with van der Waals surface area (Å²) in [5, 5.41) is 12.7. The number of hydrogen-bond donors (Lipinski definition) is 3. The van der Waals surface area contributed by atoms with Crippen molar-refractivity contribution in [3.63, 3.8) is 0 Å². The number of aliphatic hydroxyl groups is 1. The van der Waals surface area contributed by atoms with Gasteiger partial charge in [-0.05, 0) is 18.1 Å². The monoisotopic (exact) mass is 301 g/mol. The van der Waals surface area contributed by atoms with Crippen LogP contribution in [-0.2, 0) is 7.05 Å². The molecule has 116 valence electrons. The second-order valence-electron chi connectivity index (χ2n) is 5.06. The first-order chi connectivity index (χ1) is 10.5. The predicted molar refractivity (Wildman–Crippen MR) is 82.3 cm³/mol. The third-order valence-electron chi connectivity index (χ3n) is 3.41. The molecule has 1 atom stereocenters. The van der Waals surface area contributed by atoms with Gasteiger partial charge in [0, 0.05) is 19.8 Å². The molecule has 0 aliphatic rings. The molecule has 1 heterocycles. The van der Waals surface area contributed by atoms with Crippen LogP contribution in [0.5, 0.6) is 0 Å². The Morgan fingerprint density at radius 3 is 2.59 bits per heavy atom. The van der Waals surface area contributed by atoms with E-state index in [0.717, 1.165) is 5.56 Å². The highest BCUT2D eigenvalue weighted by molar-refractivity contribution is 5.98. The van der Waals surface area contributed by atoms with Crippen LogP contribution in [-0.4, -0.2) is 28.0 Å². The second kappa shape index (κ2) is 6.91. The van der Waals surface area contributed by atoms with E-state index < -0.39 is 12.0 Å². The third-order valence-corrected chi connectivity index (χ3v) is 3.41. The third kappa shape index (κ3) is 3.73. The number of hydrogen-bond acceptors (Lipinski definition) is 3. The van der Waals surface area contributed by atoms with Crippen LogP contribution in [0.2, 0.25) is 0 Å². The van der Waals surface area contributed by atoms with E-state index >= 15 is 0 Å². The SMILES string of the molecule is Cn1cc(C(N)=O)cc1C(=O)NCCC(O)c1ccccc1. The number of primary amides is 1. The number of aromatic nitrogens is 1. The second-order valence-corrected chi connectivity index (χ2v) is 5.06. The van der Waals surface area contributed by atoms with Crippen molar-refractivity contribution in [2.75, 3.05) is 6.54 Å². The topological polar surface area (TPSA) is 97.4 Å². The molecule has 0 saturated heterocycles. The van der Waals surface area contributed by atoms with E-state index in [1.807, 2.05) is 30.3 Å². The highest BCUT2D eigenvalue weighted by Crippen LogP contribution is 2.15. The van der Waals surface area contributed by atoms with Crippen LogP contribution in [0, 0.1) is 0 Å². The first-order valence-electron chi connectivity index (χ1n) is 6.96. The molecule has 22 heavy (non-hydrogen) atoms. The fourth-order valence-corrected chi connectivity index (χ4v) is 2.18. The van der Waals surface area contributed by atoms with Crippen molar-refractivity contribution in [3.8, 4) is 0 Å². The molecule has 4 N–H and O–H groups in total. The largest absolute Gasteiger partial charge is 0.388 e. The maximum atomic E-state index is 12.1. The van der Waals surface area contributed by atoms with Gasteiger partial charge in [0.15, 0.2) is 0 Å². The summed E-state index contributed by atoms with van der Waals surface area (Å²) in [5.41, 5.74) is 6.63. The average Bonchev–Trinajstić information content (AvgIpc) is 2.90. The summed E-state index contributed by atoms with van der Waals surface area (Å²) in [4.78, 5) is 23.1. The number of aliphatic hydroxyl groups excluding tert-OH is 1. The Balaban J connectivity index is 1.89. The van der Waals surface area contributed by atoms with Gasteiger partial charge < -0.3 is 20.7 Å².